The van der Waals surface area contributed by atoms with Crippen molar-refractivity contribution in [3.63, 3.8) is 0 Å². The maximum Gasteiger partial charge on any atom is 0.303 e. The van der Waals surface area contributed by atoms with E-state index in [0.29, 0.717) is 37.3 Å². The minimum Gasteiger partial charge on any atom is -0.481 e. The van der Waals surface area contributed by atoms with Crippen molar-refractivity contribution in [2.24, 2.45) is 5.92 Å². The van der Waals surface area contributed by atoms with Crippen LogP contribution in [0.25, 0.3) is 6.08 Å². The number of carbonyl (C=O) groups is 2. The number of nitrogens with zero attached hydrogens (tertiary/aromatic N) is 4. The molecule has 0 radical (unpaired) electrons. The molecule has 0 amide bonds. The molecule has 170 valence electrons. The van der Waals surface area contributed by atoms with Crippen LogP contribution in [0.15, 0.2) is 36.0 Å². The molecule has 0 bridgehead atoms. The van der Waals surface area contributed by atoms with E-state index >= 15 is 0 Å². The van der Waals surface area contributed by atoms with E-state index in [1.807, 2.05) is 6.08 Å². The minimum atomic E-state index is -0.835. The smallest absolute Gasteiger partial charge is 0.303 e. The second kappa shape index (κ2) is 9.95. The van der Waals surface area contributed by atoms with Crippen LogP contribution in [-0.2, 0) is 16.1 Å². The van der Waals surface area contributed by atoms with Crippen molar-refractivity contribution in [3.05, 3.63) is 53.1 Å². The van der Waals surface area contributed by atoms with Gasteiger partial charge in [0, 0.05) is 42.8 Å². The third kappa shape index (κ3) is 5.45. The molecule has 1 N–H and O–H groups in total. The molecule has 1 saturated heterocycles. The number of benzene rings is 1. The monoisotopic (exact) mass is 458 g/mol. The van der Waals surface area contributed by atoms with Crippen molar-refractivity contribution in [2.45, 2.75) is 49.9 Å². The first-order valence-corrected chi connectivity index (χ1v) is 11.5. The first-order valence-electron chi connectivity index (χ1n) is 10.9. The van der Waals surface area contributed by atoms with Crippen molar-refractivity contribution >= 4 is 30.5 Å². The van der Waals surface area contributed by atoms with Crippen LogP contribution < -0.4 is 0 Å². The van der Waals surface area contributed by atoms with Gasteiger partial charge in [-0.1, -0.05) is 23.4 Å². The lowest BCUT2D eigenvalue weighted by molar-refractivity contribution is -0.137. The second-order valence-corrected chi connectivity index (χ2v) is 9.12. The Morgan fingerprint density at radius 1 is 1.28 bits per heavy atom. The van der Waals surface area contributed by atoms with Crippen LogP contribution in [0, 0.1) is 11.7 Å². The molecule has 1 aliphatic heterocycles. The molecule has 1 aromatic heterocycles. The summed E-state index contributed by atoms with van der Waals surface area (Å²) < 4.78 is 16.3. The number of aliphatic carboxylic acids is 1. The van der Waals surface area contributed by atoms with E-state index in [4.69, 9.17) is 17.7 Å². The predicted molar refractivity (Wildman–Crippen MR) is 121 cm³/mol. The number of thiol groups is 1. The van der Waals surface area contributed by atoms with Gasteiger partial charge in [-0.3, -0.25) is 19.2 Å². The SMILES string of the molecule is O=C(O)CCCn1cc(/C=C2\CN(C(C(=O)C3CC3)c3ccccc3F)CCC2S)nn1. The first kappa shape index (κ1) is 22.7. The molecule has 9 heteroatoms. The molecule has 1 aliphatic carbocycles. The average Bonchev–Trinajstić information content (AvgIpc) is 3.52. The van der Waals surface area contributed by atoms with Crippen LogP contribution in [0.4, 0.5) is 4.39 Å². The Balaban J connectivity index is 1.52. The highest BCUT2D eigenvalue weighted by Crippen LogP contribution is 2.39. The Kier molecular flexibility index (Phi) is 7.05. The van der Waals surface area contributed by atoms with Gasteiger partial charge in [0.15, 0.2) is 5.78 Å². The molecule has 1 aromatic carbocycles. The van der Waals surface area contributed by atoms with Crippen LogP contribution in [0.2, 0.25) is 0 Å². The van der Waals surface area contributed by atoms with E-state index in [-0.39, 0.29) is 29.2 Å². The van der Waals surface area contributed by atoms with Gasteiger partial charge in [-0.05, 0) is 43.4 Å². The zero-order valence-corrected chi connectivity index (χ0v) is 18.6. The maximum absolute atomic E-state index is 14.6. The van der Waals surface area contributed by atoms with Gasteiger partial charge >= 0.3 is 5.97 Å². The van der Waals surface area contributed by atoms with Gasteiger partial charge in [0.2, 0.25) is 0 Å². The fourth-order valence-corrected chi connectivity index (χ4v) is 4.42. The van der Waals surface area contributed by atoms with Gasteiger partial charge in [-0.2, -0.15) is 12.6 Å². The van der Waals surface area contributed by atoms with Gasteiger partial charge in [-0.15, -0.1) is 5.10 Å². The molecule has 1 saturated carbocycles. The molecule has 2 aromatic rings. The van der Waals surface area contributed by atoms with Crippen LogP contribution in [-0.4, -0.2) is 55.1 Å². The highest BCUT2D eigenvalue weighted by Gasteiger charge is 2.40. The molecule has 2 aliphatic rings. The van der Waals surface area contributed by atoms with Gasteiger partial charge in [-0.25, -0.2) is 4.39 Å². The summed E-state index contributed by atoms with van der Waals surface area (Å²) >= 11 is 4.72. The molecule has 2 atom stereocenters. The Morgan fingerprint density at radius 3 is 2.78 bits per heavy atom. The molecular formula is C23H27FN4O3S. The molecule has 2 fully saturated rings. The third-order valence-corrected chi connectivity index (χ3v) is 6.57. The van der Waals surface area contributed by atoms with Crippen LogP contribution in [0.3, 0.4) is 0 Å². The summed E-state index contributed by atoms with van der Waals surface area (Å²) in [4.78, 5) is 25.9. The number of hydrogen-bond acceptors (Lipinski definition) is 6. The quantitative estimate of drug-likeness (QED) is 0.560. The van der Waals surface area contributed by atoms with Crippen LogP contribution in [0.1, 0.15) is 49.4 Å². The van der Waals surface area contributed by atoms with E-state index in [9.17, 15) is 14.0 Å². The number of piperidine rings is 1. The summed E-state index contributed by atoms with van der Waals surface area (Å²) in [6.45, 7) is 1.63. The number of likely N-dealkylation sites (tertiary alicyclic amines) is 1. The van der Waals surface area contributed by atoms with Gasteiger partial charge in [0.05, 0.1) is 12.2 Å². The van der Waals surface area contributed by atoms with E-state index in [0.717, 1.165) is 24.8 Å². The molecule has 4 rings (SSSR count). The summed E-state index contributed by atoms with van der Waals surface area (Å²) in [7, 11) is 0. The average molecular weight is 459 g/mol. The Morgan fingerprint density at radius 2 is 2.06 bits per heavy atom. The number of rotatable bonds is 9. The van der Waals surface area contributed by atoms with E-state index in [1.165, 1.54) is 6.07 Å². The lowest BCUT2D eigenvalue weighted by atomic mass is 9.93. The van der Waals surface area contributed by atoms with E-state index < -0.39 is 12.0 Å². The number of halogens is 1. The molecule has 32 heavy (non-hydrogen) atoms. The number of carboxylic acid groups (broad SMARTS) is 1. The summed E-state index contributed by atoms with van der Waals surface area (Å²) in [6.07, 6.45) is 6.75. The number of carboxylic acids is 1. The minimum absolute atomic E-state index is 0.0145. The van der Waals surface area contributed by atoms with Gasteiger partial charge in [0.25, 0.3) is 0 Å². The van der Waals surface area contributed by atoms with Crippen molar-refractivity contribution < 1.29 is 19.1 Å². The number of aryl methyl sites for hydroxylation is 1. The third-order valence-electron chi connectivity index (χ3n) is 5.99. The van der Waals surface area contributed by atoms with Crippen LogP contribution >= 0.6 is 12.6 Å². The summed E-state index contributed by atoms with van der Waals surface area (Å²) in [6, 6.07) is 5.94. The fraction of sp³-hybridized carbons (Fsp3) is 0.478. The Bertz CT molecular complexity index is 1020. The van der Waals surface area contributed by atoms with Gasteiger partial charge < -0.3 is 5.11 Å². The highest BCUT2D eigenvalue weighted by atomic mass is 32.1. The molecular weight excluding hydrogens is 431 g/mol. The highest BCUT2D eigenvalue weighted by molar-refractivity contribution is 7.81. The second-order valence-electron chi connectivity index (χ2n) is 8.50. The summed E-state index contributed by atoms with van der Waals surface area (Å²) in [5.74, 6) is -1.07. The lowest BCUT2D eigenvalue weighted by Gasteiger charge is -2.37. The summed E-state index contributed by atoms with van der Waals surface area (Å²) in [5.41, 5.74) is 2.10. The molecule has 2 heterocycles. The zero-order valence-electron chi connectivity index (χ0n) is 17.7. The largest absolute Gasteiger partial charge is 0.481 e. The van der Waals surface area contributed by atoms with Crippen molar-refractivity contribution in [1.29, 1.82) is 0 Å². The normalized spacial score (nSPS) is 21.6. The molecule has 0 spiro atoms. The number of ketones is 1. The number of aromatic nitrogens is 3. The standard InChI is InChI=1S/C23H27FN4O3S/c24-19-5-2-1-4-18(19)22(23(31)15-7-8-15)27-11-9-20(32)16(13-27)12-17-14-28(26-25-17)10-3-6-21(29)30/h1-2,4-5,12,14-15,20,22,32H,3,6-11,13H2,(H,29,30)/b16-12+. The Labute approximate surface area is 191 Å². The zero-order chi connectivity index (χ0) is 22.7. The number of hydrogen-bond donors (Lipinski definition) is 2. The number of Topliss-reactive ketones (excluding diaryl/α,β-unsaturated/α-hetero) is 1. The number of carbonyl (C=O) groups excluding carboxylic acids is 1. The van der Waals surface area contributed by atoms with E-state index in [2.05, 4.69) is 15.2 Å². The van der Waals surface area contributed by atoms with E-state index in [1.54, 1.807) is 29.1 Å². The van der Waals surface area contributed by atoms with Crippen LogP contribution in [0.5, 0.6) is 0 Å². The predicted octanol–water partition coefficient (Wildman–Crippen LogP) is 3.39. The van der Waals surface area contributed by atoms with Crippen molar-refractivity contribution in [3.8, 4) is 0 Å². The van der Waals surface area contributed by atoms with Crippen molar-refractivity contribution in [2.75, 3.05) is 13.1 Å². The molecule has 2 unspecified atom stereocenters. The maximum atomic E-state index is 14.6. The first-order chi connectivity index (χ1) is 15.4. The topological polar surface area (TPSA) is 88.3 Å². The lowest BCUT2D eigenvalue weighted by Crippen LogP contribution is -2.42. The Hall–Kier alpha value is -2.52. The molecule has 7 nitrogen and oxygen atoms in total. The van der Waals surface area contributed by atoms with Gasteiger partial charge in [0.1, 0.15) is 11.5 Å². The van der Waals surface area contributed by atoms with Crippen molar-refractivity contribution in [1.82, 2.24) is 19.9 Å². The fourth-order valence-electron chi connectivity index (χ4n) is 4.14. The summed E-state index contributed by atoms with van der Waals surface area (Å²) in [5, 5.41) is 17.0.